The minimum atomic E-state index is -0.233. The molecule has 0 aliphatic rings. The van der Waals surface area contributed by atoms with Crippen LogP contribution in [-0.4, -0.2) is 11.7 Å². The van der Waals surface area contributed by atoms with Crippen molar-refractivity contribution in [2.24, 2.45) is 0 Å². The summed E-state index contributed by atoms with van der Waals surface area (Å²) in [5.41, 5.74) is -0.233. The molecule has 0 saturated heterocycles. The molecule has 1 atom stereocenters. The summed E-state index contributed by atoms with van der Waals surface area (Å²) in [4.78, 5) is 10.8. The highest BCUT2D eigenvalue weighted by atomic mass is 17.2. The lowest BCUT2D eigenvalue weighted by molar-refractivity contribution is -0.365. The van der Waals surface area contributed by atoms with E-state index in [0.717, 1.165) is 12.8 Å². The highest BCUT2D eigenvalue weighted by Gasteiger charge is 2.14. The SMILES string of the molecule is CCC/C=C/C(CCCC)OOC(C)(C)C. The minimum absolute atomic E-state index is 0.103. The van der Waals surface area contributed by atoms with E-state index in [1.165, 1.54) is 19.3 Å². The van der Waals surface area contributed by atoms with E-state index in [1.54, 1.807) is 0 Å². The molecule has 0 heterocycles. The highest BCUT2D eigenvalue weighted by molar-refractivity contribution is 4.88. The second-order valence-electron chi connectivity index (χ2n) is 5.19. The Bertz CT molecular complexity index is 180. The Hall–Kier alpha value is -0.340. The van der Waals surface area contributed by atoms with Gasteiger partial charge in [-0.15, -0.1) is 0 Å². The molecule has 0 fully saturated rings. The molecular formula is C14H28O2. The van der Waals surface area contributed by atoms with Crippen LogP contribution in [0.2, 0.25) is 0 Å². The molecule has 1 unspecified atom stereocenters. The van der Waals surface area contributed by atoms with Gasteiger partial charge in [-0.25, -0.2) is 9.78 Å². The largest absolute Gasteiger partial charge is 0.230 e. The molecular weight excluding hydrogens is 200 g/mol. The molecule has 2 heteroatoms. The Kier molecular flexibility index (Phi) is 8.58. The van der Waals surface area contributed by atoms with Crippen LogP contribution in [0.1, 0.15) is 66.7 Å². The normalized spacial score (nSPS) is 14.6. The number of rotatable bonds is 8. The van der Waals surface area contributed by atoms with Crippen LogP contribution in [0.3, 0.4) is 0 Å². The molecule has 0 radical (unpaired) electrons. The fraction of sp³-hybridized carbons (Fsp3) is 0.857. The molecule has 96 valence electrons. The van der Waals surface area contributed by atoms with E-state index in [9.17, 15) is 0 Å². The van der Waals surface area contributed by atoms with Crippen molar-refractivity contribution in [1.82, 2.24) is 0 Å². The van der Waals surface area contributed by atoms with Crippen LogP contribution < -0.4 is 0 Å². The number of hydrogen-bond acceptors (Lipinski definition) is 2. The second kappa shape index (κ2) is 8.77. The van der Waals surface area contributed by atoms with Crippen molar-refractivity contribution >= 4 is 0 Å². The third-order valence-corrected chi connectivity index (χ3v) is 2.07. The lowest BCUT2D eigenvalue weighted by Crippen LogP contribution is -2.23. The third-order valence-electron chi connectivity index (χ3n) is 2.07. The summed E-state index contributed by atoms with van der Waals surface area (Å²) in [5.74, 6) is 0. The van der Waals surface area contributed by atoms with Gasteiger partial charge in [0.15, 0.2) is 0 Å². The van der Waals surface area contributed by atoms with E-state index in [-0.39, 0.29) is 11.7 Å². The van der Waals surface area contributed by atoms with Gasteiger partial charge in [0.1, 0.15) is 6.10 Å². The van der Waals surface area contributed by atoms with Crippen LogP contribution in [-0.2, 0) is 9.78 Å². The molecule has 0 rings (SSSR count). The molecule has 16 heavy (non-hydrogen) atoms. The van der Waals surface area contributed by atoms with Gasteiger partial charge < -0.3 is 0 Å². The maximum atomic E-state index is 5.47. The van der Waals surface area contributed by atoms with Gasteiger partial charge in [0, 0.05) is 0 Å². The highest BCUT2D eigenvalue weighted by Crippen LogP contribution is 2.13. The zero-order chi connectivity index (χ0) is 12.4. The Labute approximate surface area is 101 Å². The zero-order valence-electron chi connectivity index (χ0n) is 11.6. The van der Waals surface area contributed by atoms with Crippen LogP contribution in [0.25, 0.3) is 0 Å². The molecule has 0 amide bonds. The molecule has 0 aromatic heterocycles. The van der Waals surface area contributed by atoms with Gasteiger partial charge >= 0.3 is 0 Å². The predicted molar refractivity (Wildman–Crippen MR) is 69.3 cm³/mol. The van der Waals surface area contributed by atoms with Crippen molar-refractivity contribution in [2.45, 2.75) is 78.4 Å². The molecule has 0 spiro atoms. The van der Waals surface area contributed by atoms with E-state index in [2.05, 4.69) is 26.0 Å². The average Bonchev–Trinajstić information content (AvgIpc) is 2.20. The second-order valence-corrected chi connectivity index (χ2v) is 5.19. The van der Waals surface area contributed by atoms with Crippen LogP contribution in [0, 0.1) is 0 Å². The third kappa shape index (κ3) is 10.2. The Morgan fingerprint density at radius 1 is 1.12 bits per heavy atom. The maximum absolute atomic E-state index is 5.47. The van der Waals surface area contributed by atoms with Crippen molar-refractivity contribution in [3.05, 3.63) is 12.2 Å². The van der Waals surface area contributed by atoms with Gasteiger partial charge in [0.05, 0.1) is 5.60 Å². The summed E-state index contributed by atoms with van der Waals surface area (Å²) in [7, 11) is 0. The molecule has 0 saturated carbocycles. The topological polar surface area (TPSA) is 18.5 Å². The molecule has 0 aromatic rings. The zero-order valence-corrected chi connectivity index (χ0v) is 11.6. The van der Waals surface area contributed by atoms with Crippen molar-refractivity contribution < 1.29 is 9.78 Å². The summed E-state index contributed by atoms with van der Waals surface area (Å²) in [6.45, 7) is 10.4. The first-order valence-corrected chi connectivity index (χ1v) is 6.50. The first-order chi connectivity index (χ1) is 7.49. The summed E-state index contributed by atoms with van der Waals surface area (Å²) in [6, 6.07) is 0. The first-order valence-electron chi connectivity index (χ1n) is 6.50. The summed E-state index contributed by atoms with van der Waals surface area (Å²) in [6.07, 6.45) is 10.1. The van der Waals surface area contributed by atoms with Gasteiger partial charge in [-0.3, -0.25) is 0 Å². The molecule has 0 aliphatic heterocycles. The Balaban J connectivity index is 3.99. The lowest BCUT2D eigenvalue weighted by Gasteiger charge is -2.21. The number of hydrogen-bond donors (Lipinski definition) is 0. The van der Waals surface area contributed by atoms with Crippen molar-refractivity contribution in [3.8, 4) is 0 Å². The van der Waals surface area contributed by atoms with E-state index in [0.29, 0.717) is 0 Å². The quantitative estimate of drug-likeness (QED) is 0.342. The molecule has 0 bridgehead atoms. The Morgan fingerprint density at radius 3 is 2.31 bits per heavy atom. The molecule has 0 aromatic carbocycles. The standard InChI is InChI=1S/C14H28O2/c1-6-8-10-12-13(11-9-7-2)15-16-14(3,4)5/h10,12-13H,6-9,11H2,1-5H3/b12-10+. The maximum Gasteiger partial charge on any atom is 0.111 e. The average molecular weight is 228 g/mol. The van der Waals surface area contributed by atoms with Gasteiger partial charge in [0.25, 0.3) is 0 Å². The van der Waals surface area contributed by atoms with Gasteiger partial charge in [-0.05, 0) is 33.6 Å². The van der Waals surface area contributed by atoms with Crippen molar-refractivity contribution in [2.75, 3.05) is 0 Å². The number of unbranched alkanes of at least 4 members (excludes halogenated alkanes) is 2. The van der Waals surface area contributed by atoms with Gasteiger partial charge in [-0.1, -0.05) is 45.3 Å². The summed E-state index contributed by atoms with van der Waals surface area (Å²) in [5, 5.41) is 0. The van der Waals surface area contributed by atoms with Crippen molar-refractivity contribution in [3.63, 3.8) is 0 Å². The molecule has 0 N–H and O–H groups in total. The van der Waals surface area contributed by atoms with Crippen LogP contribution in [0.4, 0.5) is 0 Å². The summed E-state index contributed by atoms with van der Waals surface area (Å²) < 4.78 is 0. The molecule has 2 nitrogen and oxygen atoms in total. The first kappa shape index (κ1) is 15.7. The monoisotopic (exact) mass is 228 g/mol. The smallest absolute Gasteiger partial charge is 0.111 e. The fourth-order valence-electron chi connectivity index (χ4n) is 1.20. The predicted octanol–water partition coefficient (Wildman–Crippen LogP) is 4.65. The Morgan fingerprint density at radius 2 is 1.81 bits per heavy atom. The van der Waals surface area contributed by atoms with Crippen LogP contribution in [0.15, 0.2) is 12.2 Å². The van der Waals surface area contributed by atoms with E-state index in [4.69, 9.17) is 9.78 Å². The van der Waals surface area contributed by atoms with E-state index in [1.807, 2.05) is 20.8 Å². The van der Waals surface area contributed by atoms with Gasteiger partial charge in [0.2, 0.25) is 0 Å². The fourth-order valence-corrected chi connectivity index (χ4v) is 1.20. The van der Waals surface area contributed by atoms with Crippen LogP contribution >= 0.6 is 0 Å². The molecule has 0 aliphatic carbocycles. The van der Waals surface area contributed by atoms with E-state index < -0.39 is 0 Å². The van der Waals surface area contributed by atoms with Crippen LogP contribution in [0.5, 0.6) is 0 Å². The number of allylic oxidation sites excluding steroid dienone is 1. The van der Waals surface area contributed by atoms with Gasteiger partial charge in [-0.2, -0.15) is 0 Å². The lowest BCUT2D eigenvalue weighted by atomic mass is 10.1. The summed E-state index contributed by atoms with van der Waals surface area (Å²) >= 11 is 0. The van der Waals surface area contributed by atoms with Crippen molar-refractivity contribution in [1.29, 1.82) is 0 Å². The van der Waals surface area contributed by atoms with E-state index >= 15 is 0 Å². The minimum Gasteiger partial charge on any atom is -0.230 e.